The van der Waals surface area contributed by atoms with E-state index in [0.29, 0.717) is 0 Å². The zero-order valence-electron chi connectivity index (χ0n) is 12.4. The first-order valence-electron chi connectivity index (χ1n) is 6.81. The minimum atomic E-state index is -0.729. The predicted molar refractivity (Wildman–Crippen MR) is 78.5 cm³/mol. The first-order chi connectivity index (χ1) is 8.81. The third-order valence-corrected chi connectivity index (χ3v) is 3.38. The summed E-state index contributed by atoms with van der Waals surface area (Å²) in [4.78, 5) is 10.6. The van der Waals surface area contributed by atoms with E-state index in [1.54, 1.807) is 0 Å². The third-order valence-electron chi connectivity index (χ3n) is 3.38. The van der Waals surface area contributed by atoms with Gasteiger partial charge in [0.2, 0.25) is 0 Å². The van der Waals surface area contributed by atoms with Gasteiger partial charge in [-0.2, -0.15) is 0 Å². The van der Waals surface area contributed by atoms with Gasteiger partial charge in [0.1, 0.15) is 0 Å². The van der Waals surface area contributed by atoms with E-state index in [1.165, 1.54) is 11.1 Å². The molecule has 1 atom stereocenters. The first-order valence-corrected chi connectivity index (χ1v) is 6.81. The fourth-order valence-corrected chi connectivity index (χ4v) is 2.17. The zero-order valence-corrected chi connectivity index (χ0v) is 12.4. The normalized spacial score (nSPS) is 13.3. The Morgan fingerprint density at radius 1 is 1.42 bits per heavy atom. The van der Waals surface area contributed by atoms with Crippen LogP contribution in [0.3, 0.4) is 0 Å². The highest BCUT2D eigenvalue weighted by Crippen LogP contribution is 2.23. The van der Waals surface area contributed by atoms with Gasteiger partial charge in [0.05, 0.1) is 0 Å². The van der Waals surface area contributed by atoms with Crippen LogP contribution in [-0.4, -0.2) is 24.2 Å². The van der Waals surface area contributed by atoms with E-state index >= 15 is 0 Å². The number of carboxylic acids is 1. The minimum Gasteiger partial charge on any atom is -0.481 e. The van der Waals surface area contributed by atoms with Gasteiger partial charge in [0, 0.05) is 18.4 Å². The summed E-state index contributed by atoms with van der Waals surface area (Å²) in [5.41, 5.74) is 2.63. The maximum atomic E-state index is 10.6. The van der Waals surface area contributed by atoms with E-state index < -0.39 is 5.97 Å². The second-order valence-electron chi connectivity index (χ2n) is 6.09. The van der Waals surface area contributed by atoms with Crippen LogP contribution in [0.15, 0.2) is 24.3 Å². The second-order valence-corrected chi connectivity index (χ2v) is 6.09. The fourth-order valence-electron chi connectivity index (χ4n) is 2.17. The van der Waals surface area contributed by atoms with E-state index in [2.05, 4.69) is 50.4 Å². The Hall–Kier alpha value is -1.35. The molecule has 0 aliphatic rings. The number of benzene rings is 1. The standard InChI is InChI=1S/C16H25NO2/c1-12-6-5-7-14(8-12)16(3,4)11-17-10-13(2)9-15(18)19/h5-8,13,17H,9-11H2,1-4H3,(H,18,19). The highest BCUT2D eigenvalue weighted by atomic mass is 16.4. The van der Waals surface area contributed by atoms with Crippen molar-refractivity contribution in [2.24, 2.45) is 5.92 Å². The lowest BCUT2D eigenvalue weighted by Gasteiger charge is -2.27. The molecule has 0 bridgehead atoms. The van der Waals surface area contributed by atoms with Gasteiger partial charge in [-0.1, -0.05) is 50.6 Å². The van der Waals surface area contributed by atoms with Gasteiger partial charge in [-0.25, -0.2) is 0 Å². The first kappa shape index (κ1) is 15.7. The lowest BCUT2D eigenvalue weighted by Crippen LogP contribution is -2.35. The maximum Gasteiger partial charge on any atom is 0.303 e. The van der Waals surface area contributed by atoms with Gasteiger partial charge in [0.15, 0.2) is 0 Å². The van der Waals surface area contributed by atoms with Crippen LogP contribution in [0, 0.1) is 12.8 Å². The summed E-state index contributed by atoms with van der Waals surface area (Å²) in [6, 6.07) is 8.54. The maximum absolute atomic E-state index is 10.6. The molecular formula is C16H25NO2. The molecule has 3 heteroatoms. The summed E-state index contributed by atoms with van der Waals surface area (Å²) in [6.45, 7) is 10.1. The number of aryl methyl sites for hydroxylation is 1. The Balaban J connectivity index is 2.49. The summed E-state index contributed by atoms with van der Waals surface area (Å²) in [5.74, 6) is -0.571. The topological polar surface area (TPSA) is 49.3 Å². The monoisotopic (exact) mass is 263 g/mol. The number of aliphatic carboxylic acids is 1. The molecule has 1 aromatic rings. The van der Waals surface area contributed by atoms with Crippen molar-refractivity contribution in [3.05, 3.63) is 35.4 Å². The molecule has 0 saturated heterocycles. The van der Waals surface area contributed by atoms with Crippen LogP contribution in [0.25, 0.3) is 0 Å². The molecule has 0 saturated carbocycles. The number of hydrogen-bond acceptors (Lipinski definition) is 2. The average Bonchev–Trinajstić information content (AvgIpc) is 2.27. The van der Waals surface area contributed by atoms with Crippen molar-refractivity contribution in [3.8, 4) is 0 Å². The predicted octanol–water partition coefficient (Wildman–Crippen LogP) is 2.97. The molecule has 1 aromatic carbocycles. The number of rotatable bonds is 7. The fraction of sp³-hybridized carbons (Fsp3) is 0.562. The zero-order chi connectivity index (χ0) is 14.5. The second kappa shape index (κ2) is 6.71. The largest absolute Gasteiger partial charge is 0.481 e. The highest BCUT2D eigenvalue weighted by Gasteiger charge is 2.20. The molecule has 0 amide bonds. The van der Waals surface area contributed by atoms with Gasteiger partial charge in [-0.15, -0.1) is 0 Å². The van der Waals surface area contributed by atoms with E-state index in [1.807, 2.05) is 6.92 Å². The van der Waals surface area contributed by atoms with Crippen molar-refractivity contribution in [1.82, 2.24) is 5.32 Å². The molecule has 0 heterocycles. The Bertz CT molecular complexity index is 427. The average molecular weight is 263 g/mol. The Kier molecular flexibility index (Phi) is 5.55. The van der Waals surface area contributed by atoms with Gasteiger partial charge in [-0.05, 0) is 24.9 Å². The molecule has 0 spiro atoms. The van der Waals surface area contributed by atoms with Gasteiger partial charge >= 0.3 is 5.97 Å². The van der Waals surface area contributed by atoms with Crippen molar-refractivity contribution in [3.63, 3.8) is 0 Å². The summed E-state index contributed by atoms with van der Waals surface area (Å²) in [6.07, 6.45) is 0.220. The summed E-state index contributed by atoms with van der Waals surface area (Å²) >= 11 is 0. The Morgan fingerprint density at radius 2 is 2.11 bits per heavy atom. The van der Waals surface area contributed by atoms with Crippen LogP contribution >= 0.6 is 0 Å². The van der Waals surface area contributed by atoms with E-state index in [4.69, 9.17) is 5.11 Å². The van der Waals surface area contributed by atoms with Crippen LogP contribution in [0.1, 0.15) is 38.3 Å². The summed E-state index contributed by atoms with van der Waals surface area (Å²) in [7, 11) is 0. The Morgan fingerprint density at radius 3 is 2.68 bits per heavy atom. The molecule has 106 valence electrons. The van der Waals surface area contributed by atoms with E-state index in [9.17, 15) is 4.79 Å². The molecule has 1 unspecified atom stereocenters. The molecule has 2 N–H and O–H groups in total. The van der Waals surface area contributed by atoms with Gasteiger partial charge in [-0.3, -0.25) is 4.79 Å². The van der Waals surface area contributed by atoms with Crippen LogP contribution < -0.4 is 5.32 Å². The molecule has 1 rings (SSSR count). The van der Waals surface area contributed by atoms with Crippen molar-refractivity contribution in [2.45, 2.75) is 39.5 Å². The molecule has 3 nitrogen and oxygen atoms in total. The number of carbonyl (C=O) groups is 1. The van der Waals surface area contributed by atoms with Crippen LogP contribution in [0.5, 0.6) is 0 Å². The third kappa shape index (κ3) is 5.43. The lowest BCUT2D eigenvalue weighted by molar-refractivity contribution is -0.137. The van der Waals surface area contributed by atoms with Crippen LogP contribution in [0.2, 0.25) is 0 Å². The molecule has 0 radical (unpaired) electrons. The molecule has 0 fully saturated rings. The number of nitrogens with one attached hydrogen (secondary N) is 1. The number of hydrogen-bond donors (Lipinski definition) is 2. The van der Waals surface area contributed by atoms with E-state index in [-0.39, 0.29) is 17.8 Å². The molecule has 0 aliphatic carbocycles. The highest BCUT2D eigenvalue weighted by molar-refractivity contribution is 5.66. The van der Waals surface area contributed by atoms with Crippen molar-refractivity contribution in [1.29, 1.82) is 0 Å². The molecule has 0 aliphatic heterocycles. The minimum absolute atomic E-state index is 0.0506. The molecule has 0 aromatic heterocycles. The van der Waals surface area contributed by atoms with Crippen LogP contribution in [-0.2, 0) is 10.2 Å². The SMILES string of the molecule is Cc1cccc(C(C)(C)CNCC(C)CC(=O)O)c1. The quantitative estimate of drug-likeness (QED) is 0.795. The molecule has 19 heavy (non-hydrogen) atoms. The summed E-state index contributed by atoms with van der Waals surface area (Å²) in [5, 5.41) is 12.1. The molecular weight excluding hydrogens is 238 g/mol. The van der Waals surface area contributed by atoms with Gasteiger partial charge in [0.25, 0.3) is 0 Å². The van der Waals surface area contributed by atoms with E-state index in [0.717, 1.165) is 13.1 Å². The van der Waals surface area contributed by atoms with Gasteiger partial charge < -0.3 is 10.4 Å². The van der Waals surface area contributed by atoms with Crippen molar-refractivity contribution in [2.75, 3.05) is 13.1 Å². The lowest BCUT2D eigenvalue weighted by atomic mass is 9.84. The Labute approximate surface area is 116 Å². The smallest absolute Gasteiger partial charge is 0.303 e. The summed E-state index contributed by atoms with van der Waals surface area (Å²) < 4.78 is 0. The van der Waals surface area contributed by atoms with Crippen molar-refractivity contribution < 1.29 is 9.90 Å². The van der Waals surface area contributed by atoms with Crippen molar-refractivity contribution >= 4 is 5.97 Å². The van der Waals surface area contributed by atoms with Crippen LogP contribution in [0.4, 0.5) is 0 Å². The number of carboxylic acid groups (broad SMARTS) is 1.